The van der Waals surface area contributed by atoms with Crippen molar-refractivity contribution in [2.45, 2.75) is 31.8 Å². The largest absolute Gasteiger partial charge is 0.497 e. The standard InChI is InChI=1S/C17H28N2O2/c1-17(2,19-8-10-21-11-9-19)16(18-3)13-14-6-5-7-15(12-14)20-4/h5-7,12,16,18H,8-11,13H2,1-4H3. The fourth-order valence-electron chi connectivity index (χ4n) is 3.10. The summed E-state index contributed by atoms with van der Waals surface area (Å²) < 4.78 is 10.8. The fraction of sp³-hybridized carbons (Fsp3) is 0.647. The highest BCUT2D eigenvalue weighted by molar-refractivity contribution is 5.29. The lowest BCUT2D eigenvalue weighted by molar-refractivity contribution is -0.0223. The first kappa shape index (κ1) is 16.3. The monoisotopic (exact) mass is 292 g/mol. The maximum atomic E-state index is 5.48. The Morgan fingerprint density at radius 2 is 2.05 bits per heavy atom. The van der Waals surface area contributed by atoms with Gasteiger partial charge in [0.25, 0.3) is 0 Å². The van der Waals surface area contributed by atoms with E-state index in [0.717, 1.165) is 38.5 Å². The first-order chi connectivity index (χ1) is 10.1. The molecule has 0 amide bonds. The molecule has 0 radical (unpaired) electrons. The molecule has 0 bridgehead atoms. The number of morpholine rings is 1. The molecule has 1 atom stereocenters. The van der Waals surface area contributed by atoms with Crippen LogP contribution in [0.2, 0.25) is 0 Å². The second kappa shape index (κ2) is 7.25. The number of rotatable bonds is 6. The number of nitrogens with zero attached hydrogens (tertiary/aromatic N) is 1. The minimum Gasteiger partial charge on any atom is -0.497 e. The molecule has 0 saturated carbocycles. The summed E-state index contributed by atoms with van der Waals surface area (Å²) in [5, 5.41) is 3.50. The van der Waals surface area contributed by atoms with Crippen LogP contribution in [-0.4, -0.2) is 56.9 Å². The van der Waals surface area contributed by atoms with Crippen LogP contribution < -0.4 is 10.1 Å². The third-order valence-electron chi connectivity index (χ3n) is 4.60. The average Bonchev–Trinajstić information content (AvgIpc) is 2.53. The summed E-state index contributed by atoms with van der Waals surface area (Å²) in [5.74, 6) is 0.923. The summed E-state index contributed by atoms with van der Waals surface area (Å²) in [5.41, 5.74) is 1.39. The van der Waals surface area contributed by atoms with Gasteiger partial charge in [-0.3, -0.25) is 4.90 Å². The summed E-state index contributed by atoms with van der Waals surface area (Å²) in [4.78, 5) is 2.53. The van der Waals surface area contributed by atoms with Crippen LogP contribution in [0.5, 0.6) is 5.75 Å². The van der Waals surface area contributed by atoms with Crippen LogP contribution in [0.3, 0.4) is 0 Å². The van der Waals surface area contributed by atoms with Crippen molar-refractivity contribution in [3.8, 4) is 5.75 Å². The van der Waals surface area contributed by atoms with Crippen molar-refractivity contribution in [2.75, 3.05) is 40.5 Å². The zero-order valence-corrected chi connectivity index (χ0v) is 13.7. The molecule has 2 rings (SSSR count). The van der Waals surface area contributed by atoms with E-state index in [1.165, 1.54) is 5.56 Å². The number of hydrogen-bond acceptors (Lipinski definition) is 4. The number of methoxy groups -OCH3 is 1. The molecule has 1 fully saturated rings. The lowest BCUT2D eigenvalue weighted by atomic mass is 9.87. The quantitative estimate of drug-likeness (QED) is 0.869. The van der Waals surface area contributed by atoms with E-state index in [-0.39, 0.29) is 5.54 Å². The minimum absolute atomic E-state index is 0.0849. The van der Waals surface area contributed by atoms with Gasteiger partial charge in [0, 0.05) is 24.7 Å². The Bertz CT molecular complexity index is 442. The molecular weight excluding hydrogens is 264 g/mol. The van der Waals surface area contributed by atoms with E-state index in [1.807, 2.05) is 13.1 Å². The molecule has 4 nitrogen and oxygen atoms in total. The molecule has 1 unspecified atom stereocenters. The van der Waals surface area contributed by atoms with Gasteiger partial charge >= 0.3 is 0 Å². The number of hydrogen-bond donors (Lipinski definition) is 1. The maximum absolute atomic E-state index is 5.48. The predicted octanol–water partition coefficient (Wildman–Crippen LogP) is 1.94. The highest BCUT2D eigenvalue weighted by atomic mass is 16.5. The molecule has 21 heavy (non-hydrogen) atoms. The third kappa shape index (κ3) is 3.96. The van der Waals surface area contributed by atoms with Crippen molar-refractivity contribution in [3.05, 3.63) is 29.8 Å². The van der Waals surface area contributed by atoms with Crippen LogP contribution in [0.25, 0.3) is 0 Å². The fourth-order valence-corrected chi connectivity index (χ4v) is 3.10. The minimum atomic E-state index is 0.0849. The first-order valence-corrected chi connectivity index (χ1v) is 7.71. The molecule has 1 aliphatic rings. The van der Waals surface area contributed by atoms with E-state index in [4.69, 9.17) is 9.47 Å². The summed E-state index contributed by atoms with van der Waals surface area (Å²) in [6.07, 6.45) is 0.984. The van der Waals surface area contributed by atoms with Gasteiger partial charge in [-0.25, -0.2) is 0 Å². The third-order valence-corrected chi connectivity index (χ3v) is 4.60. The molecule has 1 aliphatic heterocycles. The van der Waals surface area contributed by atoms with Gasteiger partial charge in [0.05, 0.1) is 20.3 Å². The summed E-state index contributed by atoms with van der Waals surface area (Å²) in [6.45, 7) is 8.31. The van der Waals surface area contributed by atoms with E-state index in [1.54, 1.807) is 7.11 Å². The molecule has 1 aromatic rings. The van der Waals surface area contributed by atoms with Crippen LogP contribution in [0.1, 0.15) is 19.4 Å². The second-order valence-electron chi connectivity index (χ2n) is 6.15. The van der Waals surface area contributed by atoms with Gasteiger partial charge in [-0.15, -0.1) is 0 Å². The molecule has 1 aromatic carbocycles. The average molecular weight is 292 g/mol. The maximum Gasteiger partial charge on any atom is 0.119 e. The first-order valence-electron chi connectivity index (χ1n) is 7.71. The molecule has 1 heterocycles. The summed E-state index contributed by atoms with van der Waals surface area (Å²) >= 11 is 0. The van der Waals surface area contributed by atoms with Crippen molar-refractivity contribution >= 4 is 0 Å². The van der Waals surface area contributed by atoms with Crippen molar-refractivity contribution in [1.29, 1.82) is 0 Å². The Morgan fingerprint density at radius 1 is 1.33 bits per heavy atom. The topological polar surface area (TPSA) is 33.7 Å². The normalized spacial score (nSPS) is 18.5. The van der Waals surface area contributed by atoms with E-state index in [0.29, 0.717) is 6.04 Å². The molecule has 0 aromatic heterocycles. The van der Waals surface area contributed by atoms with Crippen LogP contribution >= 0.6 is 0 Å². The van der Waals surface area contributed by atoms with Gasteiger partial charge in [0.15, 0.2) is 0 Å². The number of likely N-dealkylation sites (N-methyl/N-ethyl adjacent to an activating group) is 1. The molecule has 0 spiro atoms. The Balaban J connectivity index is 2.10. The molecule has 4 heteroatoms. The zero-order chi connectivity index (χ0) is 15.3. The van der Waals surface area contributed by atoms with Gasteiger partial charge in [0.2, 0.25) is 0 Å². The summed E-state index contributed by atoms with van der Waals surface area (Å²) in [7, 11) is 3.76. The van der Waals surface area contributed by atoms with Crippen molar-refractivity contribution in [3.63, 3.8) is 0 Å². The van der Waals surface area contributed by atoms with Crippen molar-refractivity contribution in [2.24, 2.45) is 0 Å². The van der Waals surface area contributed by atoms with Crippen molar-refractivity contribution < 1.29 is 9.47 Å². The van der Waals surface area contributed by atoms with Crippen molar-refractivity contribution in [1.82, 2.24) is 10.2 Å². The number of nitrogens with one attached hydrogen (secondary N) is 1. The van der Waals surface area contributed by atoms with Crippen LogP contribution in [0, 0.1) is 0 Å². The van der Waals surface area contributed by atoms with Gasteiger partial charge in [-0.2, -0.15) is 0 Å². The van der Waals surface area contributed by atoms with Crippen LogP contribution in [-0.2, 0) is 11.2 Å². The van der Waals surface area contributed by atoms with Crippen LogP contribution in [0.4, 0.5) is 0 Å². The van der Waals surface area contributed by atoms with Crippen LogP contribution in [0.15, 0.2) is 24.3 Å². The van der Waals surface area contributed by atoms with Gasteiger partial charge in [-0.1, -0.05) is 12.1 Å². The summed E-state index contributed by atoms with van der Waals surface area (Å²) in [6, 6.07) is 8.72. The lowest BCUT2D eigenvalue weighted by Gasteiger charge is -2.46. The molecule has 1 saturated heterocycles. The Morgan fingerprint density at radius 3 is 2.67 bits per heavy atom. The Labute approximate surface area is 128 Å². The van der Waals surface area contributed by atoms with Gasteiger partial charge in [0.1, 0.15) is 5.75 Å². The SMILES string of the molecule is CNC(Cc1cccc(OC)c1)C(C)(C)N1CCOCC1. The van der Waals surface area contributed by atoms with E-state index >= 15 is 0 Å². The molecular formula is C17H28N2O2. The molecule has 118 valence electrons. The van der Waals surface area contributed by atoms with Gasteiger partial charge in [-0.05, 0) is 45.0 Å². The number of benzene rings is 1. The van der Waals surface area contributed by atoms with E-state index < -0.39 is 0 Å². The smallest absolute Gasteiger partial charge is 0.119 e. The highest BCUT2D eigenvalue weighted by Crippen LogP contribution is 2.24. The molecule has 1 N–H and O–H groups in total. The highest BCUT2D eigenvalue weighted by Gasteiger charge is 2.35. The lowest BCUT2D eigenvalue weighted by Crippen LogP contribution is -2.60. The van der Waals surface area contributed by atoms with E-state index in [2.05, 4.69) is 42.3 Å². The Kier molecular flexibility index (Phi) is 5.62. The Hall–Kier alpha value is -1.10. The predicted molar refractivity (Wildman–Crippen MR) is 86.0 cm³/mol. The van der Waals surface area contributed by atoms with Gasteiger partial charge < -0.3 is 14.8 Å². The zero-order valence-electron chi connectivity index (χ0n) is 13.7. The number of ether oxygens (including phenoxy) is 2. The van der Waals surface area contributed by atoms with E-state index in [9.17, 15) is 0 Å². The molecule has 0 aliphatic carbocycles. The second-order valence-corrected chi connectivity index (χ2v) is 6.15.